The maximum absolute atomic E-state index is 12.2. The number of aryl methyl sites for hydroxylation is 2. The minimum Gasteiger partial charge on any atom is -0.493 e. The quantitative estimate of drug-likeness (QED) is 0.523. The van der Waals surface area contributed by atoms with Gasteiger partial charge in [-0.05, 0) is 56.7 Å². The Bertz CT molecular complexity index is 773. The Kier molecular flexibility index (Phi) is 7.91. The molecule has 0 saturated heterocycles. The molecule has 6 nitrogen and oxygen atoms in total. The summed E-state index contributed by atoms with van der Waals surface area (Å²) in [6, 6.07) is 5.67. The van der Waals surface area contributed by atoms with Gasteiger partial charge in [-0.2, -0.15) is 0 Å². The van der Waals surface area contributed by atoms with Crippen LogP contribution in [0.2, 0.25) is 0 Å². The van der Waals surface area contributed by atoms with Gasteiger partial charge in [-0.1, -0.05) is 17.8 Å². The van der Waals surface area contributed by atoms with Gasteiger partial charge in [0, 0.05) is 24.4 Å². The largest absolute Gasteiger partial charge is 0.493 e. The second kappa shape index (κ2) is 10.2. The molecule has 0 unspecified atom stereocenters. The number of nitrogens with zero attached hydrogens (tertiary/aromatic N) is 2. The fourth-order valence-electron chi connectivity index (χ4n) is 2.79. The van der Waals surface area contributed by atoms with Crippen LogP contribution in [-0.2, 0) is 17.8 Å². The summed E-state index contributed by atoms with van der Waals surface area (Å²) in [7, 11) is 1.61. The SMILES string of the molecule is CCOc1ccc(CNC(=O)CCc2c(C)nc(SC)nc2C)cc1OC. The number of carbonyl (C=O) groups is 1. The van der Waals surface area contributed by atoms with Crippen LogP contribution in [-0.4, -0.2) is 35.8 Å². The Morgan fingerprint density at radius 3 is 2.48 bits per heavy atom. The zero-order valence-corrected chi connectivity index (χ0v) is 17.4. The second-order valence-corrected chi connectivity index (χ2v) is 6.83. The zero-order valence-electron chi connectivity index (χ0n) is 16.6. The number of rotatable bonds is 9. The van der Waals surface area contributed by atoms with Crippen molar-refractivity contribution in [2.24, 2.45) is 0 Å². The lowest BCUT2D eigenvalue weighted by Gasteiger charge is -2.12. The topological polar surface area (TPSA) is 73.3 Å². The van der Waals surface area contributed by atoms with E-state index >= 15 is 0 Å². The molecule has 0 aliphatic heterocycles. The van der Waals surface area contributed by atoms with E-state index in [0.717, 1.165) is 27.7 Å². The maximum Gasteiger partial charge on any atom is 0.220 e. The molecule has 0 saturated carbocycles. The van der Waals surface area contributed by atoms with E-state index in [0.29, 0.717) is 37.5 Å². The maximum atomic E-state index is 12.2. The van der Waals surface area contributed by atoms with Crippen LogP contribution in [0.15, 0.2) is 23.4 Å². The van der Waals surface area contributed by atoms with Gasteiger partial charge in [0.2, 0.25) is 5.91 Å². The number of benzene rings is 1. The molecule has 1 aromatic carbocycles. The summed E-state index contributed by atoms with van der Waals surface area (Å²) < 4.78 is 10.9. The van der Waals surface area contributed by atoms with Crippen LogP contribution in [0.3, 0.4) is 0 Å². The van der Waals surface area contributed by atoms with Gasteiger partial charge >= 0.3 is 0 Å². The smallest absolute Gasteiger partial charge is 0.220 e. The van der Waals surface area contributed by atoms with Gasteiger partial charge < -0.3 is 14.8 Å². The van der Waals surface area contributed by atoms with Gasteiger partial charge in [-0.25, -0.2) is 9.97 Å². The number of ether oxygens (including phenoxy) is 2. The van der Waals surface area contributed by atoms with Crippen molar-refractivity contribution in [3.63, 3.8) is 0 Å². The van der Waals surface area contributed by atoms with Gasteiger partial charge in [0.05, 0.1) is 13.7 Å². The summed E-state index contributed by atoms with van der Waals surface area (Å²) in [4.78, 5) is 21.2. The molecular formula is C20H27N3O3S. The molecule has 0 fully saturated rings. The van der Waals surface area contributed by atoms with Crippen LogP contribution in [0.5, 0.6) is 11.5 Å². The minimum absolute atomic E-state index is 0.00408. The standard InChI is InChI=1S/C20H27N3O3S/c1-6-26-17-9-7-15(11-18(17)25-4)12-21-19(24)10-8-16-13(2)22-20(27-5)23-14(16)3/h7,9,11H,6,8,10,12H2,1-5H3,(H,21,24). The van der Waals surface area contributed by atoms with Crippen molar-refractivity contribution >= 4 is 17.7 Å². The summed E-state index contributed by atoms with van der Waals surface area (Å²) in [6.45, 7) is 6.88. The van der Waals surface area contributed by atoms with Gasteiger partial charge in [-0.3, -0.25) is 4.79 Å². The third-order valence-electron chi connectivity index (χ3n) is 4.20. The number of nitrogens with one attached hydrogen (secondary N) is 1. The molecule has 1 aromatic heterocycles. The molecule has 27 heavy (non-hydrogen) atoms. The van der Waals surface area contributed by atoms with E-state index < -0.39 is 0 Å². The van der Waals surface area contributed by atoms with Crippen molar-refractivity contribution in [1.82, 2.24) is 15.3 Å². The van der Waals surface area contributed by atoms with Crippen molar-refractivity contribution in [2.75, 3.05) is 20.0 Å². The molecule has 0 atom stereocenters. The van der Waals surface area contributed by atoms with Crippen LogP contribution in [0.25, 0.3) is 0 Å². The lowest BCUT2D eigenvalue weighted by atomic mass is 10.1. The van der Waals surface area contributed by atoms with Crippen molar-refractivity contribution in [3.8, 4) is 11.5 Å². The second-order valence-electron chi connectivity index (χ2n) is 6.05. The molecular weight excluding hydrogens is 362 g/mol. The number of hydrogen-bond acceptors (Lipinski definition) is 6. The van der Waals surface area contributed by atoms with Crippen LogP contribution < -0.4 is 14.8 Å². The number of amides is 1. The number of carbonyl (C=O) groups excluding carboxylic acids is 1. The first-order valence-electron chi connectivity index (χ1n) is 8.93. The highest BCUT2D eigenvalue weighted by Gasteiger charge is 2.11. The Morgan fingerprint density at radius 2 is 1.89 bits per heavy atom. The van der Waals surface area contributed by atoms with Crippen LogP contribution >= 0.6 is 11.8 Å². The van der Waals surface area contributed by atoms with E-state index in [1.807, 2.05) is 45.2 Å². The highest BCUT2D eigenvalue weighted by Crippen LogP contribution is 2.28. The number of thioether (sulfide) groups is 1. The summed E-state index contributed by atoms with van der Waals surface area (Å²) in [5.74, 6) is 1.37. The highest BCUT2D eigenvalue weighted by atomic mass is 32.2. The molecule has 1 amide bonds. The predicted octanol–water partition coefficient (Wildman–Crippen LogP) is 3.47. The Balaban J connectivity index is 1.92. The van der Waals surface area contributed by atoms with Crippen molar-refractivity contribution < 1.29 is 14.3 Å². The van der Waals surface area contributed by atoms with Crippen molar-refractivity contribution in [2.45, 2.75) is 45.3 Å². The van der Waals surface area contributed by atoms with Crippen molar-refractivity contribution in [1.29, 1.82) is 0 Å². The average molecular weight is 390 g/mol. The average Bonchev–Trinajstić information content (AvgIpc) is 2.66. The normalized spacial score (nSPS) is 10.6. The fraction of sp³-hybridized carbons (Fsp3) is 0.450. The number of methoxy groups -OCH3 is 1. The van der Waals surface area contributed by atoms with Gasteiger partial charge in [0.1, 0.15) is 0 Å². The summed E-state index contributed by atoms with van der Waals surface area (Å²) in [5, 5.41) is 3.72. The van der Waals surface area contributed by atoms with E-state index in [1.54, 1.807) is 7.11 Å². The lowest BCUT2D eigenvalue weighted by Crippen LogP contribution is -2.23. The lowest BCUT2D eigenvalue weighted by molar-refractivity contribution is -0.121. The third kappa shape index (κ3) is 5.85. The summed E-state index contributed by atoms with van der Waals surface area (Å²) in [5.41, 5.74) is 3.89. The molecule has 1 heterocycles. The Morgan fingerprint density at radius 1 is 1.19 bits per heavy atom. The van der Waals surface area contributed by atoms with E-state index in [9.17, 15) is 4.79 Å². The highest BCUT2D eigenvalue weighted by molar-refractivity contribution is 7.98. The molecule has 0 aliphatic rings. The van der Waals surface area contributed by atoms with E-state index in [-0.39, 0.29) is 5.91 Å². The van der Waals surface area contributed by atoms with E-state index in [2.05, 4.69) is 15.3 Å². The van der Waals surface area contributed by atoms with Crippen molar-refractivity contribution in [3.05, 3.63) is 40.7 Å². The molecule has 146 valence electrons. The van der Waals surface area contributed by atoms with E-state index in [1.165, 1.54) is 11.8 Å². The summed E-state index contributed by atoms with van der Waals surface area (Å²) >= 11 is 1.52. The fourth-order valence-corrected chi connectivity index (χ4v) is 3.24. The monoisotopic (exact) mass is 389 g/mol. The van der Waals surface area contributed by atoms with Crippen LogP contribution in [0.4, 0.5) is 0 Å². The Labute approximate surface area is 165 Å². The molecule has 1 N–H and O–H groups in total. The molecule has 0 radical (unpaired) electrons. The van der Waals surface area contributed by atoms with Gasteiger partial charge in [0.15, 0.2) is 16.7 Å². The molecule has 2 aromatic rings. The van der Waals surface area contributed by atoms with Gasteiger partial charge in [0.25, 0.3) is 0 Å². The number of hydrogen-bond donors (Lipinski definition) is 1. The number of aromatic nitrogens is 2. The third-order valence-corrected chi connectivity index (χ3v) is 4.75. The summed E-state index contributed by atoms with van der Waals surface area (Å²) in [6.07, 6.45) is 2.99. The first-order valence-corrected chi connectivity index (χ1v) is 10.2. The van der Waals surface area contributed by atoms with Gasteiger partial charge in [-0.15, -0.1) is 0 Å². The van der Waals surface area contributed by atoms with Crippen LogP contribution in [0, 0.1) is 13.8 Å². The molecule has 7 heteroatoms. The molecule has 2 rings (SSSR count). The minimum atomic E-state index is -0.00408. The Hall–Kier alpha value is -2.28. The van der Waals surface area contributed by atoms with E-state index in [4.69, 9.17) is 9.47 Å². The van der Waals surface area contributed by atoms with Crippen LogP contribution in [0.1, 0.15) is 35.9 Å². The predicted molar refractivity (Wildman–Crippen MR) is 108 cm³/mol. The first kappa shape index (κ1) is 21.0. The molecule has 0 bridgehead atoms. The zero-order chi connectivity index (χ0) is 19.8. The molecule has 0 spiro atoms. The first-order chi connectivity index (χ1) is 13.0. The molecule has 0 aliphatic carbocycles.